The molecule has 0 spiro atoms. The van der Waals surface area contributed by atoms with Crippen LogP contribution < -0.4 is 0 Å². The molecule has 0 atom stereocenters. The van der Waals surface area contributed by atoms with Crippen molar-refractivity contribution in [3.8, 4) is 11.3 Å². The third kappa shape index (κ3) is 2.15. The Hall–Kier alpha value is -2.75. The number of aromatic amines is 1. The molecule has 0 saturated heterocycles. The van der Waals surface area contributed by atoms with Crippen LogP contribution in [0.4, 0.5) is 0 Å². The van der Waals surface area contributed by atoms with Gasteiger partial charge in [-0.3, -0.25) is 4.98 Å². The van der Waals surface area contributed by atoms with Crippen LogP contribution in [0.5, 0.6) is 0 Å². The molecule has 1 aromatic carbocycles. The molecule has 1 N–H and O–H groups in total. The number of pyridine rings is 1. The summed E-state index contributed by atoms with van der Waals surface area (Å²) in [7, 11) is 0. The van der Waals surface area contributed by atoms with Crippen LogP contribution >= 0.6 is 0 Å². The summed E-state index contributed by atoms with van der Waals surface area (Å²) in [5, 5.41) is 11.1. The predicted octanol–water partition coefficient (Wildman–Crippen LogP) is 2.93. The Morgan fingerprint density at radius 2 is 1.68 bits per heavy atom. The van der Waals surface area contributed by atoms with Gasteiger partial charge in [0, 0.05) is 23.5 Å². The number of H-pyrrole nitrogens is 1. The number of nitrogens with one attached hydrogen (secondary N) is 1. The summed E-state index contributed by atoms with van der Waals surface area (Å²) in [4.78, 5) is 4.01. The van der Waals surface area contributed by atoms with Crippen LogP contribution in [0.15, 0.2) is 61.4 Å². The molecule has 2 heterocycles. The molecule has 0 amide bonds. The molecule has 3 aromatic rings. The topological polar surface area (TPSA) is 54.5 Å². The molecule has 4 heteroatoms. The van der Waals surface area contributed by atoms with Crippen molar-refractivity contribution in [3.05, 3.63) is 72.7 Å². The molecule has 0 unspecified atom stereocenters. The molecule has 92 valence electrons. The van der Waals surface area contributed by atoms with E-state index in [2.05, 4.69) is 27.0 Å². The number of hydrogen-bond acceptors (Lipinski definition) is 3. The second kappa shape index (κ2) is 4.86. The van der Waals surface area contributed by atoms with Crippen molar-refractivity contribution < 1.29 is 0 Å². The Bertz CT molecular complexity index is 686. The molecule has 4 nitrogen and oxygen atoms in total. The predicted molar refractivity (Wildman–Crippen MR) is 74.2 cm³/mol. The first-order chi connectivity index (χ1) is 9.36. The fourth-order valence-corrected chi connectivity index (χ4v) is 1.93. The van der Waals surface area contributed by atoms with Crippen LogP contribution in [-0.2, 0) is 0 Å². The number of benzene rings is 1. The highest BCUT2D eigenvalue weighted by atomic mass is 15.3. The average molecular weight is 248 g/mol. The molecule has 19 heavy (non-hydrogen) atoms. The number of rotatable bonds is 3. The average Bonchev–Trinajstić information content (AvgIpc) is 2.98. The largest absolute Gasteiger partial charge is 0.265 e. The van der Waals surface area contributed by atoms with Crippen molar-refractivity contribution in [2.75, 3.05) is 0 Å². The molecule has 0 aliphatic carbocycles. The first-order valence-electron chi connectivity index (χ1n) is 5.92. The van der Waals surface area contributed by atoms with Crippen molar-refractivity contribution in [2.24, 2.45) is 0 Å². The highest BCUT2D eigenvalue weighted by molar-refractivity contribution is 5.83. The van der Waals surface area contributed by atoms with Gasteiger partial charge in [0.15, 0.2) is 0 Å². The molecular formula is C15H12N4. The van der Waals surface area contributed by atoms with Gasteiger partial charge in [-0.05, 0) is 17.7 Å². The Labute approximate surface area is 110 Å². The fourth-order valence-electron chi connectivity index (χ4n) is 1.93. The Morgan fingerprint density at radius 3 is 2.42 bits per heavy atom. The van der Waals surface area contributed by atoms with E-state index in [-0.39, 0.29) is 0 Å². The van der Waals surface area contributed by atoms with Crippen molar-refractivity contribution in [3.63, 3.8) is 0 Å². The van der Waals surface area contributed by atoms with E-state index in [0.29, 0.717) is 0 Å². The minimum Gasteiger partial charge on any atom is -0.265 e. The van der Waals surface area contributed by atoms with Gasteiger partial charge >= 0.3 is 0 Å². The Morgan fingerprint density at radius 1 is 0.947 bits per heavy atom. The number of hydrogen-bond donors (Lipinski definition) is 1. The second-order valence-corrected chi connectivity index (χ2v) is 4.10. The third-order valence-corrected chi connectivity index (χ3v) is 2.91. The summed E-state index contributed by atoms with van der Waals surface area (Å²) < 4.78 is 0. The maximum atomic E-state index is 4.21. The standard InChI is InChI=1S/C15H12N4/c1-11(12-5-3-2-4-6-12)14-15(18-19-17-14)13-7-9-16-10-8-13/h2-10H,1H2,(H,17,18,19). The van der Waals surface area contributed by atoms with Crippen molar-refractivity contribution >= 4 is 5.57 Å². The van der Waals surface area contributed by atoms with E-state index in [1.807, 2.05) is 42.5 Å². The zero-order chi connectivity index (χ0) is 13.1. The van der Waals surface area contributed by atoms with Crippen molar-refractivity contribution in [1.29, 1.82) is 0 Å². The minimum atomic E-state index is 0.761. The normalized spacial score (nSPS) is 10.3. The van der Waals surface area contributed by atoms with Crippen molar-refractivity contribution in [1.82, 2.24) is 20.4 Å². The van der Waals surface area contributed by atoms with E-state index in [4.69, 9.17) is 0 Å². The minimum absolute atomic E-state index is 0.761. The maximum absolute atomic E-state index is 4.21. The van der Waals surface area contributed by atoms with E-state index in [1.54, 1.807) is 12.4 Å². The van der Waals surface area contributed by atoms with Gasteiger partial charge in [-0.15, -0.1) is 0 Å². The quantitative estimate of drug-likeness (QED) is 0.775. The van der Waals surface area contributed by atoms with Crippen LogP contribution in [0.1, 0.15) is 11.3 Å². The maximum Gasteiger partial charge on any atom is 0.120 e. The van der Waals surface area contributed by atoms with Crippen LogP contribution in [-0.4, -0.2) is 20.4 Å². The second-order valence-electron chi connectivity index (χ2n) is 4.10. The van der Waals surface area contributed by atoms with E-state index in [0.717, 1.165) is 28.1 Å². The van der Waals surface area contributed by atoms with E-state index in [1.165, 1.54) is 0 Å². The van der Waals surface area contributed by atoms with Gasteiger partial charge in [-0.25, -0.2) is 0 Å². The van der Waals surface area contributed by atoms with E-state index >= 15 is 0 Å². The summed E-state index contributed by atoms with van der Waals surface area (Å²) in [6.07, 6.45) is 3.47. The molecule has 0 fully saturated rings. The fraction of sp³-hybridized carbons (Fsp3) is 0. The SMILES string of the molecule is C=C(c1ccccc1)c1n[nH]nc1-c1ccncc1. The summed E-state index contributed by atoms with van der Waals surface area (Å²) in [6, 6.07) is 13.8. The zero-order valence-electron chi connectivity index (χ0n) is 10.2. The smallest absolute Gasteiger partial charge is 0.120 e. The van der Waals surface area contributed by atoms with Crippen LogP contribution in [0, 0.1) is 0 Å². The molecule has 2 aromatic heterocycles. The third-order valence-electron chi connectivity index (χ3n) is 2.91. The lowest BCUT2D eigenvalue weighted by Gasteiger charge is -2.04. The summed E-state index contributed by atoms with van der Waals surface area (Å²) in [6.45, 7) is 4.12. The molecule has 0 saturated carbocycles. The molecule has 0 aliphatic rings. The van der Waals surface area contributed by atoms with Crippen LogP contribution in [0.2, 0.25) is 0 Å². The molecule has 0 bridgehead atoms. The highest BCUT2D eigenvalue weighted by Crippen LogP contribution is 2.27. The van der Waals surface area contributed by atoms with E-state index < -0.39 is 0 Å². The lowest BCUT2D eigenvalue weighted by molar-refractivity contribution is 0.937. The summed E-state index contributed by atoms with van der Waals surface area (Å²) >= 11 is 0. The zero-order valence-corrected chi connectivity index (χ0v) is 10.2. The highest BCUT2D eigenvalue weighted by Gasteiger charge is 2.14. The number of nitrogens with zero attached hydrogens (tertiary/aromatic N) is 3. The first-order valence-corrected chi connectivity index (χ1v) is 5.92. The monoisotopic (exact) mass is 248 g/mol. The lowest BCUT2D eigenvalue weighted by Crippen LogP contribution is -1.90. The van der Waals surface area contributed by atoms with Gasteiger partial charge in [0.25, 0.3) is 0 Å². The van der Waals surface area contributed by atoms with Gasteiger partial charge in [-0.2, -0.15) is 15.4 Å². The first kappa shape index (κ1) is 11.3. The molecule has 3 rings (SSSR count). The van der Waals surface area contributed by atoms with Gasteiger partial charge in [0.05, 0.1) is 0 Å². The van der Waals surface area contributed by atoms with Crippen LogP contribution in [0.25, 0.3) is 16.8 Å². The molecular weight excluding hydrogens is 236 g/mol. The van der Waals surface area contributed by atoms with E-state index in [9.17, 15) is 0 Å². The summed E-state index contributed by atoms with van der Waals surface area (Å²) in [5.74, 6) is 0. The number of aromatic nitrogens is 4. The van der Waals surface area contributed by atoms with Gasteiger partial charge < -0.3 is 0 Å². The Kier molecular flexibility index (Phi) is 2.90. The van der Waals surface area contributed by atoms with Gasteiger partial charge in [0.1, 0.15) is 11.4 Å². The Balaban J connectivity index is 2.04. The van der Waals surface area contributed by atoms with Gasteiger partial charge in [0.2, 0.25) is 0 Å². The van der Waals surface area contributed by atoms with Crippen LogP contribution in [0.3, 0.4) is 0 Å². The lowest BCUT2D eigenvalue weighted by atomic mass is 10.0. The van der Waals surface area contributed by atoms with Crippen molar-refractivity contribution in [2.45, 2.75) is 0 Å². The summed E-state index contributed by atoms with van der Waals surface area (Å²) in [5.41, 5.74) is 4.40. The molecule has 0 radical (unpaired) electrons. The molecule has 0 aliphatic heterocycles. The van der Waals surface area contributed by atoms with Gasteiger partial charge in [-0.1, -0.05) is 36.9 Å².